The molecule has 1 rings (SSSR count). The van der Waals surface area contributed by atoms with Crippen molar-refractivity contribution < 1.29 is 28.7 Å². The largest absolute Gasteiger partial charge is 0.497 e. The Bertz CT molecular complexity index is 949. The number of hydrogen-bond donors (Lipinski definition) is 3. The molecule has 0 saturated carbocycles. The first-order valence-corrected chi connectivity index (χ1v) is 12.6. The van der Waals surface area contributed by atoms with Crippen LogP contribution in [0.1, 0.15) is 59.4 Å². The van der Waals surface area contributed by atoms with Gasteiger partial charge in [-0.1, -0.05) is 13.8 Å². The number of ether oxygens (including phenoxy) is 2. The maximum atomic E-state index is 13.2. The smallest absolute Gasteiger partial charge is 0.290 e. The van der Waals surface area contributed by atoms with Gasteiger partial charge in [-0.25, -0.2) is 0 Å². The molecule has 37 heavy (non-hydrogen) atoms. The molecule has 0 fully saturated rings. The van der Waals surface area contributed by atoms with Crippen LogP contribution in [0.5, 0.6) is 11.5 Å². The fraction of sp³-hybridized carbons (Fsp3) is 0.630. The fourth-order valence-electron chi connectivity index (χ4n) is 3.87. The second-order valence-corrected chi connectivity index (χ2v) is 10.2. The minimum Gasteiger partial charge on any atom is -0.497 e. The van der Waals surface area contributed by atoms with Crippen LogP contribution >= 0.6 is 0 Å². The van der Waals surface area contributed by atoms with Crippen molar-refractivity contribution in [1.29, 1.82) is 0 Å². The van der Waals surface area contributed by atoms with Crippen molar-refractivity contribution in [1.82, 2.24) is 20.9 Å². The number of nitrogens with one attached hydrogen (secondary N) is 3. The van der Waals surface area contributed by atoms with Crippen molar-refractivity contribution in [2.45, 2.75) is 78.0 Å². The van der Waals surface area contributed by atoms with Gasteiger partial charge in [0.05, 0.1) is 20.3 Å². The molecule has 0 aromatic heterocycles. The van der Waals surface area contributed by atoms with Crippen LogP contribution in [-0.2, 0) is 25.7 Å². The molecule has 3 amide bonds. The van der Waals surface area contributed by atoms with E-state index >= 15 is 0 Å². The highest BCUT2D eigenvalue weighted by atomic mass is 16.5. The number of carbonyl (C=O) groups is 4. The number of rotatable bonds is 15. The quantitative estimate of drug-likeness (QED) is 0.302. The summed E-state index contributed by atoms with van der Waals surface area (Å²) in [5, 5.41) is 8.31. The van der Waals surface area contributed by atoms with Gasteiger partial charge in [0.15, 0.2) is 0 Å². The Kier molecular flexibility index (Phi) is 12.6. The lowest BCUT2D eigenvalue weighted by Gasteiger charge is -2.32. The predicted octanol–water partition coefficient (Wildman–Crippen LogP) is 2.05. The van der Waals surface area contributed by atoms with Crippen molar-refractivity contribution in [2.24, 2.45) is 5.92 Å². The normalized spacial score (nSPS) is 13.5. The van der Waals surface area contributed by atoms with Crippen LogP contribution < -0.4 is 25.4 Å². The average molecular weight is 521 g/mol. The SMILES string of the molecule is CN[C@@H](CC(C)C)C(=O)NC(C)(CCC(=O)N(C)Cc1ccc(OC)cc1OC)C(=O)C(=O)NC(C)C. The second-order valence-electron chi connectivity index (χ2n) is 10.2. The van der Waals surface area contributed by atoms with Crippen LogP contribution in [0.4, 0.5) is 0 Å². The summed E-state index contributed by atoms with van der Waals surface area (Å²) in [5.41, 5.74) is -0.774. The third-order valence-electron chi connectivity index (χ3n) is 6.06. The van der Waals surface area contributed by atoms with Gasteiger partial charge in [0, 0.05) is 37.7 Å². The Labute approximate surface area is 220 Å². The zero-order chi connectivity index (χ0) is 28.3. The van der Waals surface area contributed by atoms with E-state index in [1.54, 1.807) is 54.3 Å². The van der Waals surface area contributed by atoms with E-state index in [0.29, 0.717) is 17.9 Å². The van der Waals surface area contributed by atoms with E-state index in [4.69, 9.17) is 9.47 Å². The lowest BCUT2D eigenvalue weighted by atomic mass is 9.88. The topological polar surface area (TPSA) is 126 Å². The lowest BCUT2D eigenvalue weighted by Crippen LogP contribution is -2.60. The maximum Gasteiger partial charge on any atom is 0.290 e. The third kappa shape index (κ3) is 9.68. The van der Waals surface area contributed by atoms with E-state index in [2.05, 4.69) is 16.0 Å². The average Bonchev–Trinajstić information content (AvgIpc) is 2.84. The number of benzene rings is 1. The highest BCUT2D eigenvalue weighted by molar-refractivity contribution is 6.40. The molecule has 0 heterocycles. The van der Waals surface area contributed by atoms with Crippen LogP contribution in [0.3, 0.4) is 0 Å². The summed E-state index contributed by atoms with van der Waals surface area (Å²) in [6.07, 6.45) is 0.459. The number of Topliss-reactive ketones (excluding diaryl/α,β-unsaturated/α-hetero) is 1. The number of methoxy groups -OCH3 is 2. The number of likely N-dealkylation sites (N-methyl/N-ethyl adjacent to an activating group) is 1. The van der Waals surface area contributed by atoms with Crippen molar-refractivity contribution in [3.63, 3.8) is 0 Å². The van der Waals surface area contributed by atoms with Crippen LogP contribution in [-0.4, -0.2) is 74.3 Å². The molecule has 0 saturated heterocycles. The van der Waals surface area contributed by atoms with Crippen LogP contribution in [0.25, 0.3) is 0 Å². The standard InChI is InChI=1S/C27H44N4O6/c1-17(2)14-21(28-6)25(34)30-27(5,24(33)26(35)29-18(3)4)13-12-23(32)31(7)16-19-10-11-20(36-8)15-22(19)37-9/h10-11,15,17-18,21,28H,12-14,16H2,1-9H3,(H,29,35)(H,30,34)/t21-,27?/m0/s1. The molecule has 2 atom stereocenters. The van der Waals surface area contributed by atoms with Gasteiger partial charge < -0.3 is 30.3 Å². The highest BCUT2D eigenvalue weighted by Crippen LogP contribution is 2.26. The summed E-state index contributed by atoms with van der Waals surface area (Å²) >= 11 is 0. The number of carbonyl (C=O) groups excluding carboxylic acids is 4. The summed E-state index contributed by atoms with van der Waals surface area (Å²) in [6, 6.07) is 4.54. The molecule has 1 unspecified atom stereocenters. The zero-order valence-electron chi connectivity index (χ0n) is 23.7. The molecule has 10 nitrogen and oxygen atoms in total. The van der Waals surface area contributed by atoms with Gasteiger partial charge in [-0.05, 0) is 58.7 Å². The first-order chi connectivity index (χ1) is 17.3. The van der Waals surface area contributed by atoms with E-state index in [-0.39, 0.29) is 37.3 Å². The molecule has 208 valence electrons. The molecule has 10 heteroatoms. The van der Waals surface area contributed by atoms with Crippen molar-refractivity contribution in [3.05, 3.63) is 23.8 Å². The molecule has 1 aromatic rings. The van der Waals surface area contributed by atoms with Crippen molar-refractivity contribution in [2.75, 3.05) is 28.3 Å². The first-order valence-electron chi connectivity index (χ1n) is 12.6. The Morgan fingerprint density at radius 3 is 2.22 bits per heavy atom. The molecule has 0 spiro atoms. The molecular formula is C27H44N4O6. The molecule has 0 aliphatic heterocycles. The van der Waals surface area contributed by atoms with E-state index in [0.717, 1.165) is 5.56 Å². The van der Waals surface area contributed by atoms with Gasteiger partial charge in [-0.15, -0.1) is 0 Å². The summed E-state index contributed by atoms with van der Waals surface area (Å²) in [4.78, 5) is 53.4. The van der Waals surface area contributed by atoms with Crippen molar-refractivity contribution >= 4 is 23.5 Å². The van der Waals surface area contributed by atoms with E-state index in [1.807, 2.05) is 19.9 Å². The van der Waals surface area contributed by atoms with Gasteiger partial charge in [-0.3, -0.25) is 19.2 Å². The minimum atomic E-state index is -1.56. The van der Waals surface area contributed by atoms with Gasteiger partial charge in [0.25, 0.3) is 5.91 Å². The molecule has 0 aliphatic carbocycles. The summed E-state index contributed by atoms with van der Waals surface area (Å²) < 4.78 is 10.6. The lowest BCUT2D eigenvalue weighted by molar-refractivity contribution is -0.144. The Morgan fingerprint density at radius 2 is 1.70 bits per heavy atom. The van der Waals surface area contributed by atoms with Crippen LogP contribution in [0, 0.1) is 5.92 Å². The Morgan fingerprint density at radius 1 is 1.05 bits per heavy atom. The summed E-state index contributed by atoms with van der Waals surface area (Å²) in [6.45, 7) is 9.23. The number of nitrogens with zero attached hydrogens (tertiary/aromatic N) is 1. The summed E-state index contributed by atoms with van der Waals surface area (Å²) in [7, 11) is 6.42. The Balaban J connectivity index is 3.06. The Hall–Kier alpha value is -3.14. The maximum absolute atomic E-state index is 13.2. The molecule has 3 N–H and O–H groups in total. The molecule has 0 bridgehead atoms. The highest BCUT2D eigenvalue weighted by Gasteiger charge is 2.40. The molecule has 0 aliphatic rings. The van der Waals surface area contributed by atoms with Crippen LogP contribution in [0.2, 0.25) is 0 Å². The van der Waals surface area contributed by atoms with Gasteiger partial charge in [-0.2, -0.15) is 0 Å². The van der Waals surface area contributed by atoms with Gasteiger partial charge in [0.2, 0.25) is 17.6 Å². The van der Waals surface area contributed by atoms with E-state index in [1.165, 1.54) is 11.8 Å². The minimum absolute atomic E-state index is 0.0376. The van der Waals surface area contributed by atoms with E-state index < -0.39 is 29.2 Å². The third-order valence-corrected chi connectivity index (χ3v) is 6.06. The van der Waals surface area contributed by atoms with Gasteiger partial charge >= 0.3 is 0 Å². The molecular weight excluding hydrogens is 476 g/mol. The second kappa shape index (κ2) is 14.6. The van der Waals surface area contributed by atoms with Crippen molar-refractivity contribution in [3.8, 4) is 11.5 Å². The molecule has 1 aromatic carbocycles. The van der Waals surface area contributed by atoms with E-state index in [9.17, 15) is 19.2 Å². The predicted molar refractivity (Wildman–Crippen MR) is 142 cm³/mol. The first kappa shape index (κ1) is 31.9. The van der Waals surface area contributed by atoms with Crippen LogP contribution in [0.15, 0.2) is 18.2 Å². The number of ketones is 1. The monoisotopic (exact) mass is 520 g/mol. The number of hydrogen-bond acceptors (Lipinski definition) is 7. The molecule has 0 radical (unpaired) electrons. The number of amides is 3. The summed E-state index contributed by atoms with van der Waals surface area (Å²) in [5.74, 6) is -0.778. The zero-order valence-corrected chi connectivity index (χ0v) is 23.7. The van der Waals surface area contributed by atoms with Gasteiger partial charge in [0.1, 0.15) is 17.0 Å². The fourth-order valence-corrected chi connectivity index (χ4v) is 3.87.